The van der Waals surface area contributed by atoms with Gasteiger partial charge in [0.1, 0.15) is 11.4 Å². The topological polar surface area (TPSA) is 84.7 Å². The molecule has 116 valence electrons. The minimum Gasteiger partial charge on any atom is -0.476 e. The molecule has 0 radical (unpaired) electrons. The van der Waals surface area contributed by atoms with E-state index in [1.165, 1.54) is 11.1 Å². The smallest absolute Gasteiger partial charge is 0.410 e. The van der Waals surface area contributed by atoms with Crippen molar-refractivity contribution in [1.29, 1.82) is 0 Å². The van der Waals surface area contributed by atoms with Crippen molar-refractivity contribution in [3.8, 4) is 0 Å². The first-order valence-corrected chi connectivity index (χ1v) is 6.48. The lowest BCUT2D eigenvalue weighted by molar-refractivity contribution is 0.0279. The normalized spacial score (nSPS) is 11.0. The first kappa shape index (κ1) is 16.7. The average Bonchev–Trinajstić information content (AvgIpc) is 2.71. The molecule has 0 aliphatic rings. The molecule has 0 saturated carbocycles. The Balaban J connectivity index is 2.88. The van der Waals surface area contributed by atoms with Crippen LogP contribution >= 0.6 is 0 Å². The Morgan fingerprint density at radius 2 is 2.14 bits per heavy atom. The van der Waals surface area contributed by atoms with Gasteiger partial charge in [-0.3, -0.25) is 0 Å². The largest absolute Gasteiger partial charge is 0.476 e. The quantitative estimate of drug-likeness (QED) is 0.841. The third kappa shape index (κ3) is 4.94. The molecule has 0 fully saturated rings. The maximum atomic E-state index is 11.9. The van der Waals surface area contributed by atoms with Gasteiger partial charge in [-0.15, -0.1) is 6.58 Å². The predicted octanol–water partition coefficient (Wildman–Crippen LogP) is 2.13. The predicted molar refractivity (Wildman–Crippen MR) is 77.1 cm³/mol. The van der Waals surface area contributed by atoms with Gasteiger partial charge in [-0.05, 0) is 20.8 Å². The highest BCUT2D eigenvalue weighted by Gasteiger charge is 2.21. The van der Waals surface area contributed by atoms with Crippen LogP contribution in [-0.4, -0.2) is 44.3 Å². The fourth-order valence-corrected chi connectivity index (χ4v) is 1.60. The third-order valence-corrected chi connectivity index (χ3v) is 2.49. The number of hydrogen-bond acceptors (Lipinski definition) is 4. The van der Waals surface area contributed by atoms with Gasteiger partial charge in [0, 0.05) is 19.8 Å². The highest BCUT2D eigenvalue weighted by molar-refractivity contribution is 5.85. The van der Waals surface area contributed by atoms with Crippen molar-refractivity contribution in [3.63, 3.8) is 0 Å². The highest BCUT2D eigenvalue weighted by Crippen LogP contribution is 2.12. The van der Waals surface area contributed by atoms with Crippen LogP contribution in [0.1, 0.15) is 37.1 Å². The van der Waals surface area contributed by atoms with E-state index in [1.807, 2.05) is 0 Å². The first-order chi connectivity index (χ1) is 9.64. The zero-order valence-electron chi connectivity index (χ0n) is 12.8. The average molecular weight is 295 g/mol. The molecule has 0 aliphatic carbocycles. The van der Waals surface area contributed by atoms with E-state index in [1.54, 1.807) is 38.5 Å². The first-order valence-electron chi connectivity index (χ1n) is 6.48. The molecule has 1 N–H and O–H groups in total. The number of nitrogens with zero attached hydrogens (tertiary/aromatic N) is 3. The molecular weight excluding hydrogens is 274 g/mol. The zero-order chi connectivity index (χ0) is 16.2. The molecule has 0 aliphatic heterocycles. The fourth-order valence-electron chi connectivity index (χ4n) is 1.60. The van der Waals surface area contributed by atoms with Crippen LogP contribution in [0.5, 0.6) is 0 Å². The molecule has 1 heterocycles. The van der Waals surface area contributed by atoms with Crippen LogP contribution in [0.3, 0.4) is 0 Å². The van der Waals surface area contributed by atoms with Crippen molar-refractivity contribution >= 4 is 12.1 Å². The Morgan fingerprint density at radius 1 is 1.52 bits per heavy atom. The Kier molecular flexibility index (Phi) is 5.12. The molecule has 21 heavy (non-hydrogen) atoms. The summed E-state index contributed by atoms with van der Waals surface area (Å²) in [6.07, 6.45) is 2.56. The summed E-state index contributed by atoms with van der Waals surface area (Å²) in [7, 11) is 1.57. The van der Waals surface area contributed by atoms with E-state index < -0.39 is 17.7 Å². The molecule has 1 aromatic rings. The number of rotatable bonds is 5. The molecule has 0 spiro atoms. The number of aromatic carboxylic acids is 1. The summed E-state index contributed by atoms with van der Waals surface area (Å²) in [6, 6.07) is 0. The number of carbonyl (C=O) groups is 2. The minimum absolute atomic E-state index is 0.0653. The molecule has 1 rings (SSSR count). The number of hydrogen-bond donors (Lipinski definition) is 1. The monoisotopic (exact) mass is 295 g/mol. The van der Waals surface area contributed by atoms with Gasteiger partial charge in [0.2, 0.25) is 0 Å². The highest BCUT2D eigenvalue weighted by atomic mass is 16.6. The molecule has 0 bridgehead atoms. The minimum atomic E-state index is -1.11. The van der Waals surface area contributed by atoms with Crippen LogP contribution in [-0.2, 0) is 17.8 Å². The van der Waals surface area contributed by atoms with Gasteiger partial charge in [0.25, 0.3) is 0 Å². The van der Waals surface area contributed by atoms with Gasteiger partial charge >= 0.3 is 12.1 Å². The number of aromatic nitrogens is 2. The summed E-state index contributed by atoms with van der Waals surface area (Å²) in [6.45, 7) is 9.51. The molecule has 0 aromatic carbocycles. The summed E-state index contributed by atoms with van der Waals surface area (Å²) < 4.78 is 6.88. The van der Waals surface area contributed by atoms with Gasteiger partial charge < -0.3 is 19.3 Å². The number of carbonyl (C=O) groups excluding carboxylic acids is 1. The molecular formula is C14H21N3O4. The van der Waals surface area contributed by atoms with Crippen molar-refractivity contribution in [2.24, 2.45) is 0 Å². The standard InChI is InChI=1S/C14H21N3O4/c1-6-7-17-8-10(12(18)19)15-11(17)9-16(5)13(20)21-14(2,3)4/h6,8H,1,7,9H2,2-5H3,(H,18,19). The summed E-state index contributed by atoms with van der Waals surface area (Å²) in [5.74, 6) is -0.653. The fraction of sp³-hybridized carbons (Fsp3) is 0.500. The lowest BCUT2D eigenvalue weighted by atomic mass is 10.2. The van der Waals surface area contributed by atoms with Crippen LogP contribution < -0.4 is 0 Å². The van der Waals surface area contributed by atoms with Gasteiger partial charge in [0.05, 0.1) is 6.54 Å². The Morgan fingerprint density at radius 3 is 2.62 bits per heavy atom. The lowest BCUT2D eigenvalue weighted by Gasteiger charge is -2.24. The molecule has 7 nitrogen and oxygen atoms in total. The van der Waals surface area contributed by atoms with Crippen molar-refractivity contribution in [2.75, 3.05) is 7.05 Å². The van der Waals surface area contributed by atoms with Crippen LogP contribution in [0.4, 0.5) is 4.79 Å². The maximum absolute atomic E-state index is 11.9. The van der Waals surface area contributed by atoms with Crippen molar-refractivity contribution in [2.45, 2.75) is 39.5 Å². The lowest BCUT2D eigenvalue weighted by Crippen LogP contribution is -2.34. The number of allylic oxidation sites excluding steroid dienone is 1. The van der Waals surface area contributed by atoms with Crippen molar-refractivity contribution in [1.82, 2.24) is 14.5 Å². The number of imidazole rings is 1. The SMILES string of the molecule is C=CCn1cc(C(=O)O)nc1CN(C)C(=O)OC(C)(C)C. The van der Waals surface area contributed by atoms with E-state index in [0.29, 0.717) is 12.4 Å². The molecule has 1 aromatic heterocycles. The van der Waals surface area contributed by atoms with E-state index in [9.17, 15) is 9.59 Å². The van der Waals surface area contributed by atoms with Crippen LogP contribution in [0, 0.1) is 0 Å². The second-order valence-corrected chi connectivity index (χ2v) is 5.62. The Bertz CT molecular complexity index is 543. The summed E-state index contributed by atoms with van der Waals surface area (Å²) >= 11 is 0. The summed E-state index contributed by atoms with van der Waals surface area (Å²) in [5.41, 5.74) is -0.655. The van der Waals surface area contributed by atoms with E-state index in [0.717, 1.165) is 0 Å². The van der Waals surface area contributed by atoms with E-state index in [2.05, 4.69) is 11.6 Å². The second-order valence-electron chi connectivity index (χ2n) is 5.62. The van der Waals surface area contributed by atoms with E-state index in [-0.39, 0.29) is 12.2 Å². The van der Waals surface area contributed by atoms with Gasteiger partial charge in [-0.2, -0.15) is 0 Å². The summed E-state index contributed by atoms with van der Waals surface area (Å²) in [5, 5.41) is 8.98. The van der Waals surface area contributed by atoms with Gasteiger partial charge in [-0.1, -0.05) is 6.08 Å². The number of carboxylic acid groups (broad SMARTS) is 1. The molecule has 0 saturated heterocycles. The van der Waals surface area contributed by atoms with Crippen LogP contribution in [0.15, 0.2) is 18.9 Å². The van der Waals surface area contributed by atoms with Crippen LogP contribution in [0.25, 0.3) is 0 Å². The molecule has 0 unspecified atom stereocenters. The van der Waals surface area contributed by atoms with E-state index in [4.69, 9.17) is 9.84 Å². The Hall–Kier alpha value is -2.31. The zero-order valence-corrected chi connectivity index (χ0v) is 12.8. The second kappa shape index (κ2) is 6.43. The maximum Gasteiger partial charge on any atom is 0.410 e. The van der Waals surface area contributed by atoms with E-state index >= 15 is 0 Å². The number of carboxylic acids is 1. The Labute approximate surface area is 123 Å². The number of ether oxygens (including phenoxy) is 1. The molecule has 0 atom stereocenters. The summed E-state index contributed by atoms with van der Waals surface area (Å²) in [4.78, 5) is 28.2. The van der Waals surface area contributed by atoms with Crippen molar-refractivity contribution < 1.29 is 19.4 Å². The van der Waals surface area contributed by atoms with Crippen LogP contribution in [0.2, 0.25) is 0 Å². The van der Waals surface area contributed by atoms with Gasteiger partial charge in [0.15, 0.2) is 5.69 Å². The van der Waals surface area contributed by atoms with Crippen molar-refractivity contribution in [3.05, 3.63) is 30.4 Å². The third-order valence-electron chi connectivity index (χ3n) is 2.49. The molecule has 1 amide bonds. The number of amides is 1. The van der Waals surface area contributed by atoms with Gasteiger partial charge in [-0.25, -0.2) is 14.6 Å². The molecule has 7 heteroatoms.